The molecule has 2 heterocycles. The molecule has 0 saturated heterocycles. The van der Waals surface area contributed by atoms with Crippen LogP contribution in [0.15, 0.2) is 47.3 Å². The molecule has 0 aliphatic carbocycles. The van der Waals surface area contributed by atoms with E-state index in [0.717, 1.165) is 12.8 Å². The van der Waals surface area contributed by atoms with Gasteiger partial charge in [0.15, 0.2) is 16.3 Å². The highest BCUT2D eigenvalue weighted by molar-refractivity contribution is 7.71. The van der Waals surface area contributed by atoms with Crippen LogP contribution in [-0.4, -0.2) is 28.3 Å². The van der Waals surface area contributed by atoms with Crippen molar-refractivity contribution in [3.63, 3.8) is 0 Å². The van der Waals surface area contributed by atoms with Crippen molar-refractivity contribution in [2.75, 3.05) is 6.79 Å². The minimum Gasteiger partial charge on any atom is -0.454 e. The summed E-state index contributed by atoms with van der Waals surface area (Å²) in [6.45, 7) is 2.32. The molecule has 2 aromatic carbocycles. The Morgan fingerprint density at radius 2 is 1.97 bits per heavy atom. The minimum absolute atomic E-state index is 0.0419. The van der Waals surface area contributed by atoms with E-state index in [0.29, 0.717) is 22.4 Å². The number of aromatic amines is 1. The molecule has 2 N–H and O–H groups in total. The summed E-state index contributed by atoms with van der Waals surface area (Å²) < 4.78 is 12.4. The fourth-order valence-corrected chi connectivity index (χ4v) is 3.79. The van der Waals surface area contributed by atoms with Gasteiger partial charge in [-0.2, -0.15) is 0 Å². The highest BCUT2D eigenvalue weighted by Crippen LogP contribution is 2.34. The number of carbonyl (C=O) groups excluding carboxylic acids is 1. The summed E-state index contributed by atoms with van der Waals surface area (Å²) in [6, 6.07) is 13.6. The number of nitrogens with zero attached hydrogens (tertiary/aromatic N) is 1. The molecular formula is C22H23N3O4S. The Bertz CT molecular complexity index is 1190. The maximum absolute atomic E-state index is 12.9. The average molecular weight is 426 g/mol. The summed E-state index contributed by atoms with van der Waals surface area (Å²) in [4.78, 5) is 28.3. The van der Waals surface area contributed by atoms with Crippen LogP contribution in [-0.2, 0) is 17.8 Å². The van der Waals surface area contributed by atoms with Crippen LogP contribution in [0.2, 0.25) is 0 Å². The third kappa shape index (κ3) is 4.38. The van der Waals surface area contributed by atoms with Crippen LogP contribution in [0.25, 0.3) is 10.9 Å². The SMILES string of the molecule is C[C@H](CCc1ccccc1)NC(=O)CCn1c(=S)[nH]c2cc3c(cc2c1=O)OCO3. The topological polar surface area (TPSA) is 85.4 Å². The van der Waals surface area contributed by atoms with E-state index in [-0.39, 0.29) is 42.0 Å². The molecule has 0 bridgehead atoms. The average Bonchev–Trinajstić information content (AvgIpc) is 3.19. The van der Waals surface area contributed by atoms with Crippen molar-refractivity contribution in [3.8, 4) is 11.5 Å². The number of aryl methyl sites for hydroxylation is 1. The Labute approximate surface area is 178 Å². The summed E-state index contributed by atoms with van der Waals surface area (Å²) in [5.41, 5.74) is 1.58. The molecule has 0 fully saturated rings. The summed E-state index contributed by atoms with van der Waals surface area (Å²) in [6.07, 6.45) is 1.91. The largest absolute Gasteiger partial charge is 0.454 e. The molecule has 156 valence electrons. The molecule has 0 unspecified atom stereocenters. The second kappa shape index (κ2) is 8.71. The molecular weight excluding hydrogens is 402 g/mol. The summed E-state index contributed by atoms with van der Waals surface area (Å²) in [5, 5.41) is 3.44. The van der Waals surface area contributed by atoms with E-state index in [1.807, 2.05) is 25.1 Å². The van der Waals surface area contributed by atoms with Gasteiger partial charge in [-0.25, -0.2) is 0 Å². The molecule has 1 aliphatic heterocycles. The second-order valence-electron chi connectivity index (χ2n) is 7.38. The standard InChI is InChI=1S/C22H23N3O4S/c1-14(7-8-15-5-3-2-4-6-15)23-20(26)9-10-25-21(27)16-11-18-19(29-13-28-18)12-17(16)24-22(25)30/h2-6,11-12,14H,7-10,13H2,1H3,(H,23,26)(H,24,30)/t14-/m1/s1. The smallest absolute Gasteiger partial charge is 0.262 e. The van der Waals surface area contributed by atoms with Crippen LogP contribution < -0.4 is 20.3 Å². The van der Waals surface area contributed by atoms with Crippen molar-refractivity contribution in [1.29, 1.82) is 0 Å². The van der Waals surface area contributed by atoms with Crippen LogP contribution in [0.4, 0.5) is 0 Å². The number of hydrogen-bond acceptors (Lipinski definition) is 5. The number of fused-ring (bicyclic) bond motifs is 2. The summed E-state index contributed by atoms with van der Waals surface area (Å²) >= 11 is 5.33. The third-order valence-electron chi connectivity index (χ3n) is 5.15. The zero-order valence-electron chi connectivity index (χ0n) is 16.6. The lowest BCUT2D eigenvalue weighted by Gasteiger charge is -2.14. The zero-order chi connectivity index (χ0) is 21.1. The van der Waals surface area contributed by atoms with Crippen LogP contribution in [0.5, 0.6) is 11.5 Å². The number of hydrogen-bond donors (Lipinski definition) is 2. The van der Waals surface area contributed by atoms with Gasteiger partial charge in [0.1, 0.15) is 0 Å². The third-order valence-corrected chi connectivity index (χ3v) is 5.48. The molecule has 1 atom stereocenters. The Balaban J connectivity index is 1.39. The first-order chi connectivity index (χ1) is 14.5. The van der Waals surface area contributed by atoms with Gasteiger partial charge < -0.3 is 19.8 Å². The number of rotatable bonds is 7. The number of aromatic nitrogens is 2. The van der Waals surface area contributed by atoms with Crippen molar-refractivity contribution in [2.24, 2.45) is 0 Å². The molecule has 0 saturated carbocycles. The maximum Gasteiger partial charge on any atom is 0.262 e. The van der Waals surface area contributed by atoms with Gasteiger partial charge in [-0.1, -0.05) is 30.3 Å². The van der Waals surface area contributed by atoms with E-state index in [1.54, 1.807) is 12.1 Å². The van der Waals surface area contributed by atoms with Crippen LogP contribution in [0, 0.1) is 4.77 Å². The molecule has 1 amide bonds. The lowest BCUT2D eigenvalue weighted by atomic mass is 10.1. The fourth-order valence-electron chi connectivity index (χ4n) is 3.51. The molecule has 1 aromatic heterocycles. The summed E-state index contributed by atoms with van der Waals surface area (Å²) in [5.74, 6) is 0.999. The van der Waals surface area contributed by atoms with Crippen molar-refractivity contribution < 1.29 is 14.3 Å². The van der Waals surface area contributed by atoms with E-state index in [2.05, 4.69) is 22.4 Å². The van der Waals surface area contributed by atoms with E-state index in [9.17, 15) is 9.59 Å². The van der Waals surface area contributed by atoms with Crippen molar-refractivity contribution in [1.82, 2.24) is 14.9 Å². The van der Waals surface area contributed by atoms with E-state index < -0.39 is 0 Å². The quantitative estimate of drug-likeness (QED) is 0.567. The van der Waals surface area contributed by atoms with Gasteiger partial charge in [0.25, 0.3) is 5.56 Å². The molecule has 0 radical (unpaired) electrons. The van der Waals surface area contributed by atoms with Gasteiger partial charge in [0, 0.05) is 25.1 Å². The number of nitrogens with one attached hydrogen (secondary N) is 2. The highest BCUT2D eigenvalue weighted by atomic mass is 32.1. The normalized spacial score (nSPS) is 13.4. The maximum atomic E-state index is 12.9. The second-order valence-corrected chi connectivity index (χ2v) is 7.77. The molecule has 8 heteroatoms. The molecule has 3 aromatic rings. The highest BCUT2D eigenvalue weighted by Gasteiger charge is 2.17. The monoisotopic (exact) mass is 425 g/mol. The van der Waals surface area contributed by atoms with Crippen molar-refractivity contribution >= 4 is 29.0 Å². The first-order valence-electron chi connectivity index (χ1n) is 9.91. The number of benzene rings is 2. The number of H-pyrrole nitrogens is 1. The first-order valence-corrected chi connectivity index (χ1v) is 10.3. The van der Waals surface area contributed by atoms with Crippen LogP contribution >= 0.6 is 12.2 Å². The predicted molar refractivity (Wildman–Crippen MR) is 117 cm³/mol. The van der Waals surface area contributed by atoms with Crippen LogP contribution in [0.1, 0.15) is 25.3 Å². The minimum atomic E-state index is -0.253. The lowest BCUT2D eigenvalue weighted by Crippen LogP contribution is -2.34. The van der Waals surface area contributed by atoms with Gasteiger partial charge in [0.05, 0.1) is 10.9 Å². The Morgan fingerprint density at radius 3 is 2.73 bits per heavy atom. The molecule has 0 spiro atoms. The number of ether oxygens (including phenoxy) is 2. The van der Waals surface area contributed by atoms with Crippen molar-refractivity contribution in [2.45, 2.75) is 38.8 Å². The Kier molecular flexibility index (Phi) is 5.85. The van der Waals surface area contributed by atoms with Gasteiger partial charge in [0.2, 0.25) is 12.7 Å². The fraction of sp³-hybridized carbons (Fsp3) is 0.318. The van der Waals surface area contributed by atoms with Crippen molar-refractivity contribution in [3.05, 3.63) is 63.2 Å². The molecule has 1 aliphatic rings. The van der Waals surface area contributed by atoms with Gasteiger partial charge >= 0.3 is 0 Å². The Morgan fingerprint density at radius 1 is 1.23 bits per heavy atom. The van der Waals surface area contributed by atoms with E-state index >= 15 is 0 Å². The number of amides is 1. The van der Waals surface area contributed by atoms with Gasteiger partial charge in [-0.15, -0.1) is 0 Å². The molecule has 30 heavy (non-hydrogen) atoms. The molecule has 4 rings (SSSR count). The molecule has 7 nitrogen and oxygen atoms in total. The predicted octanol–water partition coefficient (Wildman–Crippen LogP) is 3.32. The van der Waals surface area contributed by atoms with E-state index in [4.69, 9.17) is 21.7 Å². The van der Waals surface area contributed by atoms with Crippen LogP contribution in [0.3, 0.4) is 0 Å². The van der Waals surface area contributed by atoms with Gasteiger partial charge in [-0.05, 0) is 43.6 Å². The van der Waals surface area contributed by atoms with Gasteiger partial charge in [-0.3, -0.25) is 14.2 Å². The lowest BCUT2D eigenvalue weighted by molar-refractivity contribution is -0.121. The Hall–Kier alpha value is -3.13. The summed E-state index contributed by atoms with van der Waals surface area (Å²) in [7, 11) is 0. The van der Waals surface area contributed by atoms with E-state index in [1.165, 1.54) is 10.1 Å². The zero-order valence-corrected chi connectivity index (χ0v) is 17.5. The number of carbonyl (C=O) groups is 1. The first kappa shape index (κ1) is 20.2.